The number of para-hydroxylation sites is 1. The number of amides is 2. The zero-order valence-corrected chi connectivity index (χ0v) is 17.9. The predicted octanol–water partition coefficient (Wildman–Crippen LogP) is 3.93. The van der Waals surface area contributed by atoms with E-state index in [2.05, 4.69) is 5.32 Å². The van der Waals surface area contributed by atoms with E-state index in [1.807, 2.05) is 48.5 Å². The maximum atomic E-state index is 13.6. The molecule has 0 spiro atoms. The quantitative estimate of drug-likeness (QED) is 0.665. The molecule has 5 nitrogen and oxygen atoms in total. The Morgan fingerprint density at radius 2 is 1.81 bits per heavy atom. The van der Waals surface area contributed by atoms with Gasteiger partial charge in [0, 0.05) is 30.8 Å². The monoisotopic (exact) mass is 432 g/mol. The molecule has 0 aliphatic carbocycles. The number of methoxy groups -OCH3 is 1. The lowest BCUT2D eigenvalue weighted by Crippen LogP contribution is -2.37. The van der Waals surface area contributed by atoms with Crippen LogP contribution in [-0.4, -0.2) is 43.5 Å². The second-order valence-electron chi connectivity index (χ2n) is 7.81. The molecule has 1 aliphatic rings. The molecular weight excluding hydrogens is 407 g/mol. The van der Waals surface area contributed by atoms with Gasteiger partial charge in [0.1, 0.15) is 11.6 Å². The number of hydrogen-bond acceptors (Lipinski definition) is 3. The highest BCUT2D eigenvalue weighted by molar-refractivity contribution is 5.95. The molecule has 1 heterocycles. The lowest BCUT2D eigenvalue weighted by molar-refractivity contribution is -0.124. The summed E-state index contributed by atoms with van der Waals surface area (Å²) in [5.74, 6) is -0.486. The number of rotatable bonds is 5. The fourth-order valence-electron chi connectivity index (χ4n) is 4.14. The van der Waals surface area contributed by atoms with Crippen LogP contribution in [0.5, 0.6) is 5.75 Å². The molecule has 0 saturated carbocycles. The van der Waals surface area contributed by atoms with Crippen molar-refractivity contribution in [2.75, 3.05) is 26.7 Å². The maximum absolute atomic E-state index is 13.6. The Morgan fingerprint density at radius 1 is 1.06 bits per heavy atom. The highest BCUT2D eigenvalue weighted by atomic mass is 19.1. The summed E-state index contributed by atoms with van der Waals surface area (Å²) >= 11 is 0. The molecule has 32 heavy (non-hydrogen) atoms. The van der Waals surface area contributed by atoms with Crippen molar-refractivity contribution in [3.8, 4) is 16.9 Å². The topological polar surface area (TPSA) is 58.6 Å². The summed E-state index contributed by atoms with van der Waals surface area (Å²) in [5.41, 5.74) is 3.22. The Hall–Kier alpha value is -3.67. The van der Waals surface area contributed by atoms with Crippen LogP contribution in [0.4, 0.5) is 4.39 Å². The van der Waals surface area contributed by atoms with Crippen LogP contribution in [-0.2, 0) is 11.2 Å². The van der Waals surface area contributed by atoms with E-state index in [0.29, 0.717) is 19.5 Å². The van der Waals surface area contributed by atoms with Gasteiger partial charge in [0.2, 0.25) is 5.91 Å². The normalized spacial score (nSPS) is 16.2. The van der Waals surface area contributed by atoms with Gasteiger partial charge in [0.05, 0.1) is 13.0 Å². The van der Waals surface area contributed by atoms with Gasteiger partial charge in [-0.25, -0.2) is 4.39 Å². The van der Waals surface area contributed by atoms with E-state index in [1.54, 1.807) is 18.1 Å². The van der Waals surface area contributed by atoms with Crippen LogP contribution in [0.1, 0.15) is 15.9 Å². The van der Waals surface area contributed by atoms with Crippen molar-refractivity contribution in [1.82, 2.24) is 10.2 Å². The Balaban J connectivity index is 1.61. The van der Waals surface area contributed by atoms with Gasteiger partial charge in [-0.15, -0.1) is 0 Å². The largest absolute Gasteiger partial charge is 0.496 e. The zero-order chi connectivity index (χ0) is 22.5. The predicted molar refractivity (Wildman–Crippen MR) is 121 cm³/mol. The summed E-state index contributed by atoms with van der Waals surface area (Å²) < 4.78 is 19.2. The number of nitrogens with zero attached hydrogens (tertiary/aromatic N) is 1. The molecule has 3 aromatic carbocycles. The van der Waals surface area contributed by atoms with Crippen LogP contribution < -0.4 is 10.1 Å². The molecule has 2 amide bonds. The number of nitrogens with one attached hydrogen (secondary N) is 1. The van der Waals surface area contributed by atoms with Gasteiger partial charge in [-0.3, -0.25) is 9.59 Å². The van der Waals surface area contributed by atoms with Crippen LogP contribution in [0.15, 0.2) is 72.8 Å². The van der Waals surface area contributed by atoms with E-state index >= 15 is 0 Å². The number of carbonyl (C=O) groups is 2. The van der Waals surface area contributed by atoms with Gasteiger partial charge < -0.3 is 15.0 Å². The third-order valence-corrected chi connectivity index (χ3v) is 5.73. The van der Waals surface area contributed by atoms with Crippen molar-refractivity contribution < 1.29 is 18.7 Å². The zero-order valence-electron chi connectivity index (χ0n) is 17.9. The lowest BCUT2D eigenvalue weighted by Gasteiger charge is -2.24. The van der Waals surface area contributed by atoms with Crippen LogP contribution in [0.25, 0.3) is 11.1 Å². The SMILES string of the molecule is COc1ccccc1-c1ccccc1CC1CN(C(=O)c2cccc(F)c2)CCNC1=O. The number of ether oxygens (including phenoxy) is 1. The van der Waals surface area contributed by atoms with E-state index < -0.39 is 11.7 Å². The highest BCUT2D eigenvalue weighted by Gasteiger charge is 2.29. The molecule has 4 rings (SSSR count). The third kappa shape index (κ3) is 4.64. The number of halogens is 1. The first-order valence-corrected chi connectivity index (χ1v) is 10.6. The van der Waals surface area contributed by atoms with Gasteiger partial charge in [0.15, 0.2) is 0 Å². The fraction of sp³-hybridized carbons (Fsp3) is 0.231. The van der Waals surface area contributed by atoms with E-state index in [1.165, 1.54) is 18.2 Å². The molecule has 1 aliphatic heterocycles. The van der Waals surface area contributed by atoms with Crippen LogP contribution >= 0.6 is 0 Å². The maximum Gasteiger partial charge on any atom is 0.254 e. The second-order valence-corrected chi connectivity index (χ2v) is 7.81. The first kappa shape index (κ1) is 21.6. The van der Waals surface area contributed by atoms with Crippen molar-refractivity contribution in [1.29, 1.82) is 0 Å². The minimum atomic E-state index is -0.456. The average Bonchev–Trinajstić information content (AvgIpc) is 3.00. The van der Waals surface area contributed by atoms with Crippen molar-refractivity contribution in [3.05, 3.63) is 89.7 Å². The molecule has 1 N–H and O–H groups in total. The first-order valence-electron chi connectivity index (χ1n) is 10.6. The summed E-state index contributed by atoms with van der Waals surface area (Å²) in [5, 5.41) is 2.91. The number of benzene rings is 3. The van der Waals surface area contributed by atoms with Crippen LogP contribution in [0.2, 0.25) is 0 Å². The minimum Gasteiger partial charge on any atom is -0.496 e. The van der Waals surface area contributed by atoms with E-state index in [-0.39, 0.29) is 23.9 Å². The van der Waals surface area contributed by atoms with E-state index in [4.69, 9.17) is 4.74 Å². The Bertz CT molecular complexity index is 1130. The van der Waals surface area contributed by atoms with Gasteiger partial charge >= 0.3 is 0 Å². The summed E-state index contributed by atoms with van der Waals surface area (Å²) in [6, 6.07) is 21.3. The van der Waals surface area contributed by atoms with E-state index in [9.17, 15) is 14.0 Å². The average molecular weight is 432 g/mol. The number of carbonyl (C=O) groups excluding carboxylic acids is 2. The third-order valence-electron chi connectivity index (χ3n) is 5.73. The van der Waals surface area contributed by atoms with Gasteiger partial charge in [-0.05, 0) is 41.8 Å². The molecule has 1 atom stereocenters. The van der Waals surface area contributed by atoms with Crippen LogP contribution in [0.3, 0.4) is 0 Å². The summed E-state index contributed by atoms with van der Waals surface area (Å²) in [6.07, 6.45) is 0.465. The fourth-order valence-corrected chi connectivity index (χ4v) is 4.14. The van der Waals surface area contributed by atoms with Crippen molar-refractivity contribution >= 4 is 11.8 Å². The van der Waals surface area contributed by atoms with Gasteiger partial charge in [0.25, 0.3) is 5.91 Å². The van der Waals surface area contributed by atoms with Gasteiger partial charge in [-0.1, -0.05) is 48.5 Å². The van der Waals surface area contributed by atoms with Crippen LogP contribution in [0, 0.1) is 11.7 Å². The standard InChI is InChI=1S/C26H25FN2O3/c1-32-24-12-5-4-11-23(24)22-10-3-2-7-18(22)15-20-17-29(14-13-28-25(20)30)26(31)19-8-6-9-21(27)16-19/h2-12,16,20H,13-15,17H2,1H3,(H,28,30). The molecule has 1 unspecified atom stereocenters. The Kier molecular flexibility index (Phi) is 6.50. The first-order chi connectivity index (χ1) is 15.6. The molecule has 6 heteroatoms. The molecular formula is C26H25FN2O3. The molecule has 1 saturated heterocycles. The molecule has 164 valence electrons. The summed E-state index contributed by atoms with van der Waals surface area (Å²) in [4.78, 5) is 27.4. The molecule has 0 aromatic heterocycles. The summed E-state index contributed by atoms with van der Waals surface area (Å²) in [6.45, 7) is 1.01. The van der Waals surface area contributed by atoms with Gasteiger partial charge in [-0.2, -0.15) is 0 Å². The van der Waals surface area contributed by atoms with E-state index in [0.717, 1.165) is 22.4 Å². The minimum absolute atomic E-state index is 0.0885. The van der Waals surface area contributed by atoms with Crippen molar-refractivity contribution in [2.24, 2.45) is 5.92 Å². The highest BCUT2D eigenvalue weighted by Crippen LogP contribution is 2.33. The molecule has 3 aromatic rings. The number of hydrogen-bond donors (Lipinski definition) is 1. The Labute approximate surface area is 186 Å². The molecule has 1 fully saturated rings. The van der Waals surface area contributed by atoms with Crippen molar-refractivity contribution in [3.63, 3.8) is 0 Å². The Morgan fingerprint density at radius 3 is 2.59 bits per heavy atom. The summed E-state index contributed by atoms with van der Waals surface area (Å²) in [7, 11) is 1.64. The molecule has 0 bridgehead atoms. The second kappa shape index (κ2) is 9.64. The molecule has 0 radical (unpaired) electrons. The smallest absolute Gasteiger partial charge is 0.254 e. The van der Waals surface area contributed by atoms with Crippen molar-refractivity contribution in [2.45, 2.75) is 6.42 Å². The lowest BCUT2D eigenvalue weighted by atomic mass is 9.91.